The van der Waals surface area contributed by atoms with E-state index in [0.717, 1.165) is 28.6 Å². The van der Waals surface area contributed by atoms with E-state index in [4.69, 9.17) is 0 Å². The first-order valence-corrected chi connectivity index (χ1v) is 10.8. The van der Waals surface area contributed by atoms with Gasteiger partial charge in [-0.3, -0.25) is 9.59 Å². The van der Waals surface area contributed by atoms with Gasteiger partial charge in [-0.25, -0.2) is 4.98 Å². The topological polar surface area (TPSA) is 78.7 Å². The minimum Gasteiger partial charge on any atom is -0.380 e. The lowest BCUT2D eigenvalue weighted by Gasteiger charge is -2.42. The Morgan fingerprint density at radius 3 is 2.23 bits per heavy atom. The zero-order valence-corrected chi connectivity index (χ0v) is 17.6. The van der Waals surface area contributed by atoms with E-state index in [-0.39, 0.29) is 11.8 Å². The van der Waals surface area contributed by atoms with Crippen LogP contribution in [0.15, 0.2) is 48.8 Å². The number of aliphatic hydroxyl groups is 1. The number of piperazine rings is 1. The Balaban J connectivity index is 1.24. The summed E-state index contributed by atoms with van der Waals surface area (Å²) in [6.45, 7) is 1.90. The van der Waals surface area contributed by atoms with Gasteiger partial charge in [-0.2, -0.15) is 0 Å². The summed E-state index contributed by atoms with van der Waals surface area (Å²) in [5.41, 5.74) is 3.59. The van der Waals surface area contributed by atoms with E-state index in [1.807, 2.05) is 35.9 Å². The van der Waals surface area contributed by atoms with Crippen molar-refractivity contribution >= 4 is 22.8 Å². The highest BCUT2D eigenvalue weighted by Gasteiger charge is 2.45. The molecule has 0 radical (unpaired) electrons. The van der Waals surface area contributed by atoms with Crippen molar-refractivity contribution in [3.05, 3.63) is 54.4 Å². The van der Waals surface area contributed by atoms with Gasteiger partial charge in [0.15, 0.2) is 0 Å². The molecule has 2 aromatic carbocycles. The van der Waals surface area contributed by atoms with E-state index >= 15 is 0 Å². The lowest BCUT2D eigenvalue weighted by atomic mass is 9.79. The first kappa shape index (κ1) is 19.8. The summed E-state index contributed by atoms with van der Waals surface area (Å²) in [7, 11) is 1.97. The molecule has 1 saturated carbocycles. The Bertz CT molecular complexity index is 1140. The van der Waals surface area contributed by atoms with Gasteiger partial charge >= 0.3 is 0 Å². The maximum atomic E-state index is 12.9. The lowest BCUT2D eigenvalue weighted by molar-refractivity contribution is -0.161. The van der Waals surface area contributed by atoms with Gasteiger partial charge in [0.05, 0.1) is 17.4 Å². The van der Waals surface area contributed by atoms with Crippen LogP contribution in [0.3, 0.4) is 0 Å². The van der Waals surface area contributed by atoms with E-state index < -0.39 is 5.60 Å². The van der Waals surface area contributed by atoms with Gasteiger partial charge in [0, 0.05) is 38.8 Å². The molecule has 160 valence electrons. The lowest BCUT2D eigenvalue weighted by Crippen LogP contribution is -2.58. The first-order chi connectivity index (χ1) is 14.9. The summed E-state index contributed by atoms with van der Waals surface area (Å²) >= 11 is 0. The number of nitrogens with zero attached hydrogens (tertiary/aromatic N) is 4. The quantitative estimate of drug-likeness (QED) is 0.709. The van der Waals surface area contributed by atoms with Crippen LogP contribution >= 0.6 is 0 Å². The average Bonchev–Trinajstić information content (AvgIpc) is 3.17. The maximum Gasteiger partial charge on any atom is 0.254 e. The minimum atomic E-state index is -1.17. The first-order valence-electron chi connectivity index (χ1n) is 10.8. The molecule has 2 fully saturated rings. The van der Waals surface area contributed by atoms with Crippen LogP contribution in [-0.4, -0.2) is 68.1 Å². The number of fused-ring (bicyclic) bond motifs is 1. The third-order valence-electron chi connectivity index (χ3n) is 6.62. The molecule has 0 spiro atoms. The van der Waals surface area contributed by atoms with Crippen LogP contribution in [0.4, 0.5) is 0 Å². The fourth-order valence-corrected chi connectivity index (χ4v) is 4.44. The van der Waals surface area contributed by atoms with Gasteiger partial charge in [-0.1, -0.05) is 18.2 Å². The summed E-state index contributed by atoms with van der Waals surface area (Å²) in [4.78, 5) is 33.3. The van der Waals surface area contributed by atoms with Gasteiger partial charge in [0.25, 0.3) is 11.8 Å². The van der Waals surface area contributed by atoms with Gasteiger partial charge in [-0.15, -0.1) is 0 Å². The molecule has 7 heteroatoms. The highest BCUT2D eigenvalue weighted by atomic mass is 16.3. The van der Waals surface area contributed by atoms with Crippen LogP contribution in [0.25, 0.3) is 22.2 Å². The molecule has 2 heterocycles. The van der Waals surface area contributed by atoms with Gasteiger partial charge in [0.2, 0.25) is 0 Å². The van der Waals surface area contributed by atoms with E-state index in [9.17, 15) is 14.7 Å². The molecule has 31 heavy (non-hydrogen) atoms. The normalized spacial score (nSPS) is 18.1. The van der Waals surface area contributed by atoms with Crippen molar-refractivity contribution in [1.82, 2.24) is 19.4 Å². The van der Waals surface area contributed by atoms with Gasteiger partial charge in [0.1, 0.15) is 5.60 Å². The van der Waals surface area contributed by atoms with Crippen molar-refractivity contribution in [2.24, 2.45) is 7.05 Å². The number of imidazole rings is 1. The Hall–Kier alpha value is -3.19. The number of carbonyl (C=O) groups is 2. The predicted molar refractivity (Wildman–Crippen MR) is 117 cm³/mol. The average molecular weight is 418 g/mol. The molecule has 5 rings (SSSR count). The Morgan fingerprint density at radius 1 is 0.935 bits per heavy atom. The molecule has 1 aromatic heterocycles. The molecule has 0 unspecified atom stereocenters. The largest absolute Gasteiger partial charge is 0.380 e. The van der Waals surface area contributed by atoms with E-state index in [1.54, 1.807) is 16.1 Å². The second-order valence-corrected chi connectivity index (χ2v) is 8.61. The minimum absolute atomic E-state index is 0.0267. The van der Waals surface area contributed by atoms with Crippen molar-refractivity contribution in [1.29, 1.82) is 0 Å². The second-order valence-electron chi connectivity index (χ2n) is 8.61. The SMILES string of the molecule is Cn1cnc2cc(-c3ccc(C(=O)N4CCN(C(=O)C5(O)CCC5)CC4)cc3)ccc21. The number of amides is 2. The van der Waals surface area contributed by atoms with Crippen molar-refractivity contribution in [3.8, 4) is 11.1 Å². The molecular weight excluding hydrogens is 392 g/mol. The second kappa shape index (κ2) is 7.50. The highest BCUT2D eigenvalue weighted by Crippen LogP contribution is 2.33. The number of carbonyl (C=O) groups excluding carboxylic acids is 2. The number of benzene rings is 2. The molecule has 1 aliphatic carbocycles. The summed E-state index contributed by atoms with van der Waals surface area (Å²) in [6, 6.07) is 13.8. The van der Waals surface area contributed by atoms with Crippen LogP contribution in [-0.2, 0) is 11.8 Å². The maximum absolute atomic E-state index is 12.9. The van der Waals surface area contributed by atoms with Crippen molar-refractivity contribution in [3.63, 3.8) is 0 Å². The molecule has 3 aromatic rings. The molecule has 7 nitrogen and oxygen atoms in total. The molecular formula is C24H26N4O3. The molecule has 0 bridgehead atoms. The Kier molecular flexibility index (Phi) is 4.78. The molecule has 1 aliphatic heterocycles. The molecule has 2 amide bonds. The van der Waals surface area contributed by atoms with Gasteiger partial charge < -0.3 is 19.5 Å². The number of aromatic nitrogens is 2. The van der Waals surface area contributed by atoms with Crippen LogP contribution in [0.1, 0.15) is 29.6 Å². The smallest absolute Gasteiger partial charge is 0.254 e. The fraction of sp³-hybridized carbons (Fsp3) is 0.375. The highest BCUT2D eigenvalue weighted by molar-refractivity contribution is 5.95. The predicted octanol–water partition coefficient (Wildman–Crippen LogP) is 2.44. The Labute approximate surface area is 180 Å². The molecule has 1 saturated heterocycles. The standard InChI is InChI=1S/C24H26N4O3/c1-26-16-25-20-15-19(7-8-21(20)26)17-3-5-18(6-4-17)22(29)27-11-13-28(14-12-27)23(30)24(31)9-2-10-24/h3-8,15-16,31H,2,9-14H2,1H3. The van der Waals surface area contributed by atoms with Crippen LogP contribution < -0.4 is 0 Å². The molecule has 0 atom stereocenters. The summed E-state index contributed by atoms with van der Waals surface area (Å²) in [6.07, 6.45) is 3.79. The molecule has 2 aliphatic rings. The van der Waals surface area contributed by atoms with Crippen molar-refractivity contribution in [2.75, 3.05) is 26.2 Å². The zero-order valence-electron chi connectivity index (χ0n) is 17.6. The van der Waals surface area contributed by atoms with Crippen LogP contribution in [0, 0.1) is 0 Å². The van der Waals surface area contributed by atoms with E-state index in [2.05, 4.69) is 23.2 Å². The van der Waals surface area contributed by atoms with Crippen molar-refractivity contribution in [2.45, 2.75) is 24.9 Å². The Morgan fingerprint density at radius 2 is 1.58 bits per heavy atom. The summed E-state index contributed by atoms with van der Waals surface area (Å²) < 4.78 is 1.99. The monoisotopic (exact) mass is 418 g/mol. The van der Waals surface area contributed by atoms with Crippen LogP contribution in [0.2, 0.25) is 0 Å². The van der Waals surface area contributed by atoms with Crippen LogP contribution in [0.5, 0.6) is 0 Å². The number of rotatable bonds is 3. The fourth-order valence-electron chi connectivity index (χ4n) is 4.44. The number of hydrogen-bond acceptors (Lipinski definition) is 4. The number of aryl methyl sites for hydroxylation is 1. The summed E-state index contributed by atoms with van der Waals surface area (Å²) in [5, 5.41) is 10.3. The van der Waals surface area contributed by atoms with E-state index in [0.29, 0.717) is 44.6 Å². The van der Waals surface area contributed by atoms with Crippen molar-refractivity contribution < 1.29 is 14.7 Å². The third kappa shape index (κ3) is 3.49. The van der Waals surface area contributed by atoms with E-state index in [1.165, 1.54) is 0 Å². The zero-order chi connectivity index (χ0) is 21.6. The number of hydrogen-bond donors (Lipinski definition) is 1. The summed E-state index contributed by atoms with van der Waals surface area (Å²) in [5.74, 6) is -0.207. The molecule has 1 N–H and O–H groups in total. The van der Waals surface area contributed by atoms with Gasteiger partial charge in [-0.05, 0) is 54.7 Å². The third-order valence-corrected chi connectivity index (χ3v) is 6.62.